The van der Waals surface area contributed by atoms with Crippen molar-refractivity contribution in [1.82, 2.24) is 5.32 Å². The number of para-hydroxylation sites is 1. The van der Waals surface area contributed by atoms with Crippen molar-refractivity contribution < 1.29 is 18.7 Å². The van der Waals surface area contributed by atoms with Crippen molar-refractivity contribution in [2.45, 2.75) is 26.8 Å². The van der Waals surface area contributed by atoms with E-state index in [0.717, 1.165) is 5.39 Å². The highest BCUT2D eigenvalue weighted by Gasteiger charge is 2.16. The van der Waals surface area contributed by atoms with E-state index in [2.05, 4.69) is 5.32 Å². The third-order valence-corrected chi connectivity index (χ3v) is 3.35. The van der Waals surface area contributed by atoms with Crippen LogP contribution in [-0.2, 0) is 9.53 Å². The number of carbonyl (C=O) groups excluding carboxylic acids is 2. The SMILES string of the molecule is CC(C)[C@@H](C)NC(=O)COC(=O)c1cc2ccccc2o1. The normalized spacial score (nSPS) is 12.4. The molecule has 1 atom stereocenters. The highest BCUT2D eigenvalue weighted by molar-refractivity contribution is 5.93. The molecular formula is C16H19NO4. The van der Waals surface area contributed by atoms with Crippen molar-refractivity contribution in [3.05, 3.63) is 36.1 Å². The second kappa shape index (κ2) is 6.43. The topological polar surface area (TPSA) is 68.5 Å². The summed E-state index contributed by atoms with van der Waals surface area (Å²) < 4.78 is 10.3. The monoisotopic (exact) mass is 289 g/mol. The fourth-order valence-corrected chi connectivity index (χ4v) is 1.75. The first-order valence-electron chi connectivity index (χ1n) is 6.92. The number of furan rings is 1. The predicted octanol–water partition coefficient (Wildman–Crippen LogP) is 2.75. The molecule has 2 rings (SSSR count). The van der Waals surface area contributed by atoms with Gasteiger partial charge in [0.1, 0.15) is 5.58 Å². The van der Waals surface area contributed by atoms with Crippen LogP contribution in [0.25, 0.3) is 11.0 Å². The standard InChI is InChI=1S/C16H19NO4/c1-10(2)11(3)17-15(18)9-20-16(19)14-8-12-6-4-5-7-13(12)21-14/h4-8,10-11H,9H2,1-3H3,(H,17,18)/t11-/m1/s1. The van der Waals surface area contributed by atoms with Crippen molar-refractivity contribution in [3.63, 3.8) is 0 Å². The Morgan fingerprint density at radius 3 is 2.62 bits per heavy atom. The second-order valence-electron chi connectivity index (χ2n) is 5.32. The van der Waals surface area contributed by atoms with Crippen LogP contribution < -0.4 is 5.32 Å². The molecule has 0 fully saturated rings. The summed E-state index contributed by atoms with van der Waals surface area (Å²) in [7, 11) is 0. The van der Waals surface area contributed by atoms with E-state index in [1.807, 2.05) is 39.0 Å². The van der Waals surface area contributed by atoms with Gasteiger partial charge in [-0.15, -0.1) is 0 Å². The molecule has 21 heavy (non-hydrogen) atoms. The van der Waals surface area contributed by atoms with Gasteiger partial charge in [0.05, 0.1) is 0 Å². The van der Waals surface area contributed by atoms with Crippen molar-refractivity contribution in [2.75, 3.05) is 6.61 Å². The van der Waals surface area contributed by atoms with E-state index in [4.69, 9.17) is 9.15 Å². The van der Waals surface area contributed by atoms with E-state index in [0.29, 0.717) is 11.5 Å². The van der Waals surface area contributed by atoms with Crippen LogP contribution in [0.2, 0.25) is 0 Å². The third-order valence-electron chi connectivity index (χ3n) is 3.35. The molecule has 112 valence electrons. The lowest BCUT2D eigenvalue weighted by Gasteiger charge is -2.17. The molecule has 1 N–H and O–H groups in total. The second-order valence-corrected chi connectivity index (χ2v) is 5.32. The maximum atomic E-state index is 11.8. The summed E-state index contributed by atoms with van der Waals surface area (Å²) in [5.74, 6) is -0.542. The van der Waals surface area contributed by atoms with Crippen LogP contribution in [0.5, 0.6) is 0 Å². The maximum Gasteiger partial charge on any atom is 0.374 e. The van der Waals surface area contributed by atoms with Gasteiger partial charge in [0.2, 0.25) is 5.76 Å². The molecule has 0 radical (unpaired) electrons. The zero-order valence-electron chi connectivity index (χ0n) is 12.4. The summed E-state index contributed by atoms with van der Waals surface area (Å²) in [5.41, 5.74) is 0.613. The number of esters is 1. The highest BCUT2D eigenvalue weighted by Crippen LogP contribution is 2.19. The van der Waals surface area contributed by atoms with Crippen LogP contribution in [0.4, 0.5) is 0 Å². The van der Waals surface area contributed by atoms with Crippen molar-refractivity contribution >= 4 is 22.8 Å². The molecule has 5 nitrogen and oxygen atoms in total. The Bertz CT molecular complexity index is 612. The maximum absolute atomic E-state index is 11.8. The number of fused-ring (bicyclic) bond motifs is 1. The zero-order valence-corrected chi connectivity index (χ0v) is 12.4. The molecule has 2 aromatic rings. The predicted molar refractivity (Wildman–Crippen MR) is 78.9 cm³/mol. The Labute approximate surface area is 123 Å². The number of rotatable bonds is 5. The molecule has 1 heterocycles. The van der Waals surface area contributed by atoms with Gasteiger partial charge in [-0.1, -0.05) is 32.0 Å². The van der Waals surface area contributed by atoms with Crippen LogP contribution in [0, 0.1) is 5.92 Å². The summed E-state index contributed by atoms with van der Waals surface area (Å²) in [4.78, 5) is 23.5. The molecule has 0 saturated carbocycles. The lowest BCUT2D eigenvalue weighted by Crippen LogP contribution is -2.38. The minimum atomic E-state index is -0.640. The van der Waals surface area contributed by atoms with E-state index < -0.39 is 5.97 Å². The van der Waals surface area contributed by atoms with Crippen molar-refractivity contribution in [2.24, 2.45) is 5.92 Å². The van der Waals surface area contributed by atoms with E-state index in [9.17, 15) is 9.59 Å². The highest BCUT2D eigenvalue weighted by atomic mass is 16.5. The lowest BCUT2D eigenvalue weighted by atomic mass is 10.1. The molecule has 0 spiro atoms. The van der Waals surface area contributed by atoms with Crippen LogP contribution in [0.1, 0.15) is 31.3 Å². The van der Waals surface area contributed by atoms with Gasteiger partial charge in [-0.05, 0) is 25.0 Å². The molecule has 1 aromatic carbocycles. The number of ether oxygens (including phenoxy) is 1. The van der Waals surface area contributed by atoms with Crippen LogP contribution in [0.3, 0.4) is 0 Å². The van der Waals surface area contributed by atoms with Crippen LogP contribution in [-0.4, -0.2) is 24.5 Å². The van der Waals surface area contributed by atoms with Gasteiger partial charge >= 0.3 is 5.97 Å². The molecule has 0 aliphatic heterocycles. The van der Waals surface area contributed by atoms with E-state index in [-0.39, 0.29) is 24.3 Å². The molecule has 1 aromatic heterocycles. The van der Waals surface area contributed by atoms with E-state index >= 15 is 0 Å². The first-order valence-corrected chi connectivity index (χ1v) is 6.92. The summed E-state index contributed by atoms with van der Waals surface area (Å²) in [5, 5.41) is 3.59. The number of carbonyl (C=O) groups is 2. The van der Waals surface area contributed by atoms with Gasteiger partial charge in [0.25, 0.3) is 5.91 Å². The molecule has 0 aliphatic rings. The summed E-state index contributed by atoms with van der Waals surface area (Å²) in [6.45, 7) is 5.60. The molecule has 0 unspecified atom stereocenters. The average Bonchev–Trinajstić information content (AvgIpc) is 2.88. The summed E-state index contributed by atoms with van der Waals surface area (Å²) >= 11 is 0. The Hall–Kier alpha value is -2.30. The zero-order chi connectivity index (χ0) is 15.4. The Morgan fingerprint density at radius 2 is 1.95 bits per heavy atom. The molecular weight excluding hydrogens is 270 g/mol. The fraction of sp³-hybridized carbons (Fsp3) is 0.375. The van der Waals surface area contributed by atoms with Gasteiger partial charge < -0.3 is 14.5 Å². The largest absolute Gasteiger partial charge is 0.450 e. The first kappa shape index (κ1) is 15.1. The van der Waals surface area contributed by atoms with E-state index in [1.165, 1.54) is 0 Å². The molecule has 0 saturated heterocycles. The minimum absolute atomic E-state index is 0.0300. The number of benzene rings is 1. The lowest BCUT2D eigenvalue weighted by molar-refractivity contribution is -0.125. The Kier molecular flexibility index (Phi) is 4.62. The first-order chi connectivity index (χ1) is 9.97. The summed E-state index contributed by atoms with van der Waals surface area (Å²) in [6.07, 6.45) is 0. The summed E-state index contributed by atoms with van der Waals surface area (Å²) in [6, 6.07) is 8.92. The molecule has 0 aliphatic carbocycles. The Balaban J connectivity index is 1.91. The smallest absolute Gasteiger partial charge is 0.374 e. The minimum Gasteiger partial charge on any atom is -0.450 e. The van der Waals surface area contributed by atoms with Gasteiger partial charge in [0, 0.05) is 11.4 Å². The van der Waals surface area contributed by atoms with Crippen LogP contribution >= 0.6 is 0 Å². The van der Waals surface area contributed by atoms with Crippen molar-refractivity contribution in [3.8, 4) is 0 Å². The van der Waals surface area contributed by atoms with Crippen LogP contribution in [0.15, 0.2) is 34.7 Å². The fourth-order valence-electron chi connectivity index (χ4n) is 1.75. The quantitative estimate of drug-likeness (QED) is 0.859. The number of hydrogen-bond acceptors (Lipinski definition) is 4. The average molecular weight is 289 g/mol. The van der Waals surface area contributed by atoms with Gasteiger partial charge in [-0.2, -0.15) is 0 Å². The van der Waals surface area contributed by atoms with Gasteiger partial charge in [0.15, 0.2) is 6.61 Å². The van der Waals surface area contributed by atoms with Gasteiger partial charge in [-0.25, -0.2) is 4.79 Å². The molecule has 5 heteroatoms. The number of amides is 1. The Morgan fingerprint density at radius 1 is 1.24 bits per heavy atom. The molecule has 0 bridgehead atoms. The third kappa shape index (κ3) is 3.84. The number of nitrogens with one attached hydrogen (secondary N) is 1. The van der Waals surface area contributed by atoms with Crippen molar-refractivity contribution in [1.29, 1.82) is 0 Å². The van der Waals surface area contributed by atoms with E-state index in [1.54, 1.807) is 12.1 Å². The van der Waals surface area contributed by atoms with Gasteiger partial charge in [-0.3, -0.25) is 4.79 Å². The molecule has 1 amide bonds. The number of hydrogen-bond donors (Lipinski definition) is 1.